The van der Waals surface area contributed by atoms with Gasteiger partial charge in [0, 0.05) is 12.2 Å². The Morgan fingerprint density at radius 3 is 2.55 bits per heavy atom. The van der Waals surface area contributed by atoms with Gasteiger partial charge in [-0.25, -0.2) is 13.1 Å². The summed E-state index contributed by atoms with van der Waals surface area (Å²) in [5.74, 6) is -0.435. The summed E-state index contributed by atoms with van der Waals surface area (Å²) in [6.07, 6.45) is -0.00655. The van der Waals surface area contributed by atoms with Gasteiger partial charge in [-0.2, -0.15) is 0 Å². The Balaban J connectivity index is 2.77. The van der Waals surface area contributed by atoms with E-state index in [0.29, 0.717) is 5.69 Å². The van der Waals surface area contributed by atoms with Crippen LogP contribution in [0.25, 0.3) is 0 Å². The summed E-state index contributed by atoms with van der Waals surface area (Å²) < 4.78 is 31.2. The minimum atomic E-state index is -3.67. The summed E-state index contributed by atoms with van der Waals surface area (Å²) in [5.41, 5.74) is 7.85. The normalized spacial score (nSPS) is 11.3. The molecule has 0 aliphatic carbocycles. The number of rotatable bonds is 6. The Morgan fingerprint density at radius 2 is 2.00 bits per heavy atom. The number of nitrogens with two attached hydrogens (primary N) is 1. The predicted molar refractivity (Wildman–Crippen MR) is 76.8 cm³/mol. The molecule has 0 aromatic heterocycles. The largest absolute Gasteiger partial charge is 0.466 e. The van der Waals surface area contributed by atoms with Gasteiger partial charge >= 0.3 is 5.97 Å². The standard InChI is InChI=1S/C13H20N2O4S/c1-4-19-13(16)5-6-15-20(17,18)11-7-9(2)10(3)12(14)8-11/h7-8,15H,4-6,14H2,1-3H3. The number of anilines is 1. The minimum absolute atomic E-state index is 0.00596. The number of benzene rings is 1. The molecule has 0 radical (unpaired) electrons. The molecule has 0 atom stereocenters. The van der Waals surface area contributed by atoms with Crippen LogP contribution in [0.1, 0.15) is 24.5 Å². The molecule has 20 heavy (non-hydrogen) atoms. The molecule has 0 bridgehead atoms. The van der Waals surface area contributed by atoms with E-state index in [0.717, 1.165) is 11.1 Å². The number of nitrogen functional groups attached to an aromatic ring is 1. The Morgan fingerprint density at radius 1 is 1.35 bits per heavy atom. The highest BCUT2D eigenvalue weighted by molar-refractivity contribution is 7.89. The van der Waals surface area contributed by atoms with Crippen LogP contribution in [-0.2, 0) is 19.6 Å². The monoisotopic (exact) mass is 300 g/mol. The van der Waals surface area contributed by atoms with Gasteiger partial charge in [-0.3, -0.25) is 4.79 Å². The number of sulfonamides is 1. The van der Waals surface area contributed by atoms with Gasteiger partial charge in [0.05, 0.1) is 17.9 Å². The number of hydrogen-bond acceptors (Lipinski definition) is 5. The van der Waals surface area contributed by atoms with Gasteiger partial charge in [-0.15, -0.1) is 0 Å². The first-order valence-corrected chi connectivity index (χ1v) is 7.78. The van der Waals surface area contributed by atoms with E-state index in [1.54, 1.807) is 19.9 Å². The van der Waals surface area contributed by atoms with E-state index >= 15 is 0 Å². The first-order chi connectivity index (χ1) is 9.27. The maximum Gasteiger partial charge on any atom is 0.307 e. The number of carbonyl (C=O) groups is 1. The second-order valence-corrected chi connectivity index (χ2v) is 6.17. The Bertz CT molecular complexity index is 573. The van der Waals surface area contributed by atoms with Gasteiger partial charge in [0.1, 0.15) is 0 Å². The molecule has 0 amide bonds. The number of aryl methyl sites for hydroxylation is 1. The molecule has 6 nitrogen and oxygen atoms in total. The molecular weight excluding hydrogens is 280 g/mol. The van der Waals surface area contributed by atoms with Crippen molar-refractivity contribution in [3.8, 4) is 0 Å². The highest BCUT2D eigenvalue weighted by Crippen LogP contribution is 2.21. The van der Waals surface area contributed by atoms with Gasteiger partial charge in [0.2, 0.25) is 10.0 Å². The molecule has 0 heterocycles. The van der Waals surface area contributed by atoms with Crippen molar-refractivity contribution in [3.63, 3.8) is 0 Å². The van der Waals surface area contributed by atoms with Crippen molar-refractivity contribution in [2.45, 2.75) is 32.1 Å². The zero-order valence-electron chi connectivity index (χ0n) is 11.9. The lowest BCUT2D eigenvalue weighted by atomic mass is 10.1. The molecule has 112 valence electrons. The topological polar surface area (TPSA) is 98.5 Å². The van der Waals surface area contributed by atoms with Gasteiger partial charge in [0.15, 0.2) is 0 Å². The average molecular weight is 300 g/mol. The van der Waals surface area contributed by atoms with Crippen molar-refractivity contribution in [1.82, 2.24) is 4.72 Å². The molecule has 7 heteroatoms. The molecule has 0 fully saturated rings. The zero-order valence-corrected chi connectivity index (χ0v) is 12.7. The van der Waals surface area contributed by atoms with Crippen molar-refractivity contribution in [3.05, 3.63) is 23.3 Å². The van der Waals surface area contributed by atoms with Crippen LogP contribution in [0, 0.1) is 13.8 Å². The number of ether oxygens (including phenoxy) is 1. The maximum absolute atomic E-state index is 12.1. The third kappa shape index (κ3) is 4.21. The molecule has 0 aliphatic rings. The summed E-state index contributed by atoms with van der Waals surface area (Å²) in [7, 11) is -3.67. The van der Waals surface area contributed by atoms with Crippen molar-refractivity contribution in [2.24, 2.45) is 0 Å². The highest BCUT2D eigenvalue weighted by Gasteiger charge is 2.16. The Labute approximate surface area is 119 Å². The lowest BCUT2D eigenvalue weighted by Gasteiger charge is -2.10. The van der Waals surface area contributed by atoms with Crippen LogP contribution in [0.3, 0.4) is 0 Å². The molecule has 1 rings (SSSR count). The van der Waals surface area contributed by atoms with Crippen LogP contribution in [0.5, 0.6) is 0 Å². The van der Waals surface area contributed by atoms with Gasteiger partial charge < -0.3 is 10.5 Å². The lowest BCUT2D eigenvalue weighted by molar-refractivity contribution is -0.142. The molecule has 0 unspecified atom stereocenters. The van der Waals surface area contributed by atoms with E-state index in [2.05, 4.69) is 4.72 Å². The van der Waals surface area contributed by atoms with E-state index in [9.17, 15) is 13.2 Å². The van der Waals surface area contributed by atoms with Gasteiger partial charge in [-0.05, 0) is 44.0 Å². The van der Waals surface area contributed by atoms with Crippen LogP contribution in [0.4, 0.5) is 5.69 Å². The predicted octanol–water partition coefficient (Wildman–Crippen LogP) is 1.12. The first kappa shape index (κ1) is 16.5. The number of carbonyl (C=O) groups excluding carboxylic acids is 1. The van der Waals surface area contributed by atoms with Crippen molar-refractivity contribution in [1.29, 1.82) is 0 Å². The average Bonchev–Trinajstić information content (AvgIpc) is 2.35. The van der Waals surface area contributed by atoms with Crippen LogP contribution in [0.2, 0.25) is 0 Å². The SMILES string of the molecule is CCOC(=O)CCNS(=O)(=O)c1cc(C)c(C)c(N)c1. The number of esters is 1. The van der Waals surface area contributed by atoms with E-state index in [-0.39, 0.29) is 24.5 Å². The van der Waals surface area contributed by atoms with Crippen LogP contribution < -0.4 is 10.5 Å². The highest BCUT2D eigenvalue weighted by atomic mass is 32.2. The van der Waals surface area contributed by atoms with Crippen molar-refractivity contribution >= 4 is 21.7 Å². The van der Waals surface area contributed by atoms with Crippen molar-refractivity contribution < 1.29 is 17.9 Å². The van der Waals surface area contributed by atoms with E-state index in [4.69, 9.17) is 10.5 Å². The van der Waals surface area contributed by atoms with Crippen molar-refractivity contribution in [2.75, 3.05) is 18.9 Å². The fourth-order valence-electron chi connectivity index (χ4n) is 1.61. The summed E-state index contributed by atoms with van der Waals surface area (Å²) >= 11 is 0. The fourth-order valence-corrected chi connectivity index (χ4v) is 2.76. The van der Waals surface area contributed by atoms with E-state index in [1.807, 2.05) is 6.92 Å². The maximum atomic E-state index is 12.1. The first-order valence-electron chi connectivity index (χ1n) is 6.30. The molecule has 3 N–H and O–H groups in total. The van der Waals surface area contributed by atoms with Crippen LogP contribution >= 0.6 is 0 Å². The number of nitrogens with one attached hydrogen (secondary N) is 1. The molecule has 1 aromatic rings. The molecular formula is C13H20N2O4S. The summed E-state index contributed by atoms with van der Waals surface area (Å²) in [5, 5.41) is 0. The Kier molecular flexibility index (Phi) is 5.52. The van der Waals surface area contributed by atoms with Crippen LogP contribution in [0.15, 0.2) is 17.0 Å². The smallest absolute Gasteiger partial charge is 0.307 e. The van der Waals surface area contributed by atoms with E-state index in [1.165, 1.54) is 6.07 Å². The minimum Gasteiger partial charge on any atom is -0.466 e. The Hall–Kier alpha value is -1.60. The second-order valence-electron chi connectivity index (χ2n) is 4.41. The summed E-state index contributed by atoms with van der Waals surface area (Å²) in [4.78, 5) is 11.2. The third-order valence-electron chi connectivity index (χ3n) is 2.92. The van der Waals surface area contributed by atoms with Gasteiger partial charge in [0.25, 0.3) is 0 Å². The van der Waals surface area contributed by atoms with Crippen LogP contribution in [-0.4, -0.2) is 27.5 Å². The quantitative estimate of drug-likeness (QED) is 0.606. The zero-order chi connectivity index (χ0) is 15.3. The molecule has 0 saturated carbocycles. The third-order valence-corrected chi connectivity index (χ3v) is 4.36. The van der Waals surface area contributed by atoms with E-state index < -0.39 is 16.0 Å². The molecule has 0 aliphatic heterocycles. The summed E-state index contributed by atoms with van der Waals surface area (Å²) in [6.45, 7) is 5.59. The molecule has 0 saturated heterocycles. The molecule has 1 aromatic carbocycles. The second kappa shape index (κ2) is 6.71. The summed E-state index contributed by atoms with van der Waals surface area (Å²) in [6, 6.07) is 2.97. The fraction of sp³-hybridized carbons (Fsp3) is 0.462. The number of hydrogen-bond donors (Lipinski definition) is 2. The van der Waals surface area contributed by atoms with Gasteiger partial charge in [-0.1, -0.05) is 0 Å². The lowest BCUT2D eigenvalue weighted by Crippen LogP contribution is -2.27. The molecule has 0 spiro atoms.